The molecule has 2 aliphatic carbocycles. The largest absolute Gasteiger partial charge is 0.444 e. The summed E-state index contributed by atoms with van der Waals surface area (Å²) in [4.78, 5) is 40.2. The van der Waals surface area contributed by atoms with Gasteiger partial charge in [0, 0.05) is 17.5 Å². The number of hydrogen-bond donors (Lipinski definition) is 2. The summed E-state index contributed by atoms with van der Waals surface area (Å²) in [5.74, 6) is 0.281. The molecule has 2 amide bonds. The Labute approximate surface area is 232 Å². The van der Waals surface area contributed by atoms with Gasteiger partial charge in [-0.2, -0.15) is 0 Å². The molecule has 0 spiro atoms. The zero-order valence-corrected chi connectivity index (χ0v) is 23.8. The Kier molecular flexibility index (Phi) is 7.39. The molecule has 2 atom stereocenters. The summed E-state index contributed by atoms with van der Waals surface area (Å²) in [6.07, 6.45) is 6.34. The van der Waals surface area contributed by atoms with E-state index in [1.54, 1.807) is 38.3 Å². The van der Waals surface area contributed by atoms with Gasteiger partial charge in [-0.1, -0.05) is 42.1 Å². The van der Waals surface area contributed by atoms with E-state index in [0.29, 0.717) is 51.9 Å². The first-order valence-electron chi connectivity index (χ1n) is 13.9. The zero-order valence-electron chi connectivity index (χ0n) is 23.1. The number of ether oxygens (including phenoxy) is 1. The van der Waals surface area contributed by atoms with Crippen LogP contribution in [0.25, 0.3) is 21.8 Å². The van der Waals surface area contributed by atoms with Crippen LogP contribution < -0.4 is 16.2 Å². The number of amides is 2. The van der Waals surface area contributed by atoms with Crippen LogP contribution in [-0.4, -0.2) is 38.9 Å². The normalized spacial score (nSPS) is 21.6. The molecule has 9 nitrogen and oxygen atoms in total. The van der Waals surface area contributed by atoms with Gasteiger partial charge in [-0.25, -0.2) is 4.79 Å². The molecule has 2 unspecified atom stereocenters. The lowest BCUT2D eigenvalue weighted by Crippen LogP contribution is -2.62. The minimum atomic E-state index is -0.997. The predicted octanol–water partition coefficient (Wildman–Crippen LogP) is 5.93. The van der Waals surface area contributed by atoms with E-state index in [-0.39, 0.29) is 23.6 Å². The lowest BCUT2D eigenvalue weighted by molar-refractivity contribution is -0.130. The number of rotatable bonds is 4. The topological polar surface area (TPSA) is 115 Å². The van der Waals surface area contributed by atoms with Crippen LogP contribution in [0.4, 0.5) is 4.79 Å². The van der Waals surface area contributed by atoms with Crippen molar-refractivity contribution in [1.82, 2.24) is 20.4 Å². The summed E-state index contributed by atoms with van der Waals surface area (Å²) < 4.78 is 12.7. The molecule has 1 aromatic carbocycles. The SMILES string of the molecule is Cc1onc2c1c(=O)n(C1CCCC(NC(=O)C3(NC(=O)OC(C)(C)C)CCCCC3)C1)c1cccc(Cl)c21. The summed E-state index contributed by atoms with van der Waals surface area (Å²) in [7, 11) is 0. The average Bonchev–Trinajstić information content (AvgIpc) is 3.25. The average molecular weight is 557 g/mol. The third-order valence-electron chi connectivity index (χ3n) is 8.01. The highest BCUT2D eigenvalue weighted by molar-refractivity contribution is 6.37. The molecule has 0 radical (unpaired) electrons. The Balaban J connectivity index is 1.42. The Bertz CT molecular complexity index is 1460. The van der Waals surface area contributed by atoms with Gasteiger partial charge in [0.2, 0.25) is 5.91 Å². The van der Waals surface area contributed by atoms with Crippen molar-refractivity contribution in [3.8, 4) is 0 Å². The number of alkyl carbamates (subject to hydrolysis) is 1. The van der Waals surface area contributed by atoms with Crippen LogP contribution in [0.5, 0.6) is 0 Å². The van der Waals surface area contributed by atoms with Gasteiger partial charge in [-0.3, -0.25) is 9.59 Å². The fourth-order valence-corrected chi connectivity index (χ4v) is 6.51. The van der Waals surface area contributed by atoms with Crippen molar-refractivity contribution in [1.29, 1.82) is 0 Å². The van der Waals surface area contributed by atoms with E-state index in [1.165, 1.54) is 0 Å². The molecule has 2 fully saturated rings. The lowest BCUT2D eigenvalue weighted by atomic mass is 9.80. The van der Waals surface area contributed by atoms with Crippen LogP contribution in [0, 0.1) is 6.92 Å². The number of benzene rings is 1. The first-order chi connectivity index (χ1) is 18.5. The summed E-state index contributed by atoms with van der Waals surface area (Å²) in [6, 6.07) is 5.22. The maximum atomic E-state index is 13.8. The monoisotopic (exact) mass is 556 g/mol. The van der Waals surface area contributed by atoms with E-state index in [4.69, 9.17) is 20.9 Å². The standard InChI is InChI=1S/C29H37ClN4O5/c1-17-22-24(33-39-17)23-20(30)12-9-13-21(23)34(25(22)35)19-11-8-10-18(16-19)31-26(36)29(14-6-5-7-15-29)32-27(37)38-28(2,3)4/h9,12-13,18-19H,5-8,10-11,14-16H2,1-4H3,(H,31,36)(H,32,37). The highest BCUT2D eigenvalue weighted by atomic mass is 35.5. The molecular formula is C29H37ClN4O5. The molecular weight excluding hydrogens is 520 g/mol. The van der Waals surface area contributed by atoms with Crippen LogP contribution in [0.15, 0.2) is 27.5 Å². The van der Waals surface area contributed by atoms with E-state index in [2.05, 4.69) is 15.8 Å². The number of fused-ring (bicyclic) bond motifs is 3. The molecule has 39 heavy (non-hydrogen) atoms. The van der Waals surface area contributed by atoms with Crippen molar-refractivity contribution in [2.24, 2.45) is 0 Å². The third kappa shape index (κ3) is 5.38. The summed E-state index contributed by atoms with van der Waals surface area (Å²) in [5, 5.41) is 11.9. The molecule has 2 N–H and O–H groups in total. The lowest BCUT2D eigenvalue weighted by Gasteiger charge is -2.39. The Morgan fingerprint density at radius 2 is 1.87 bits per heavy atom. The van der Waals surface area contributed by atoms with Gasteiger partial charge in [0.05, 0.1) is 10.5 Å². The summed E-state index contributed by atoms with van der Waals surface area (Å²) in [6.45, 7) is 7.15. The molecule has 0 saturated heterocycles. The van der Waals surface area contributed by atoms with E-state index >= 15 is 0 Å². The number of carbonyl (C=O) groups is 2. The molecule has 0 bridgehead atoms. The molecule has 0 aliphatic heterocycles. The van der Waals surface area contributed by atoms with Crippen LogP contribution in [-0.2, 0) is 9.53 Å². The van der Waals surface area contributed by atoms with Gasteiger partial charge in [0.25, 0.3) is 5.56 Å². The van der Waals surface area contributed by atoms with Crippen molar-refractivity contribution < 1.29 is 18.8 Å². The number of aromatic nitrogens is 2. The van der Waals surface area contributed by atoms with Gasteiger partial charge in [-0.05, 0) is 78.4 Å². The molecule has 2 aliphatic rings. The van der Waals surface area contributed by atoms with E-state index in [0.717, 1.165) is 38.5 Å². The second-order valence-electron chi connectivity index (χ2n) is 12.0. The first-order valence-corrected chi connectivity index (χ1v) is 14.3. The Morgan fingerprint density at radius 3 is 2.59 bits per heavy atom. The number of pyridine rings is 1. The molecule has 10 heteroatoms. The van der Waals surface area contributed by atoms with E-state index in [9.17, 15) is 14.4 Å². The summed E-state index contributed by atoms with van der Waals surface area (Å²) in [5.41, 5.74) is -0.632. The maximum absolute atomic E-state index is 13.8. The van der Waals surface area contributed by atoms with Crippen molar-refractivity contribution in [3.63, 3.8) is 0 Å². The van der Waals surface area contributed by atoms with Crippen LogP contribution >= 0.6 is 11.6 Å². The molecule has 2 aromatic heterocycles. The number of aryl methyl sites for hydroxylation is 1. The van der Waals surface area contributed by atoms with Crippen LogP contribution in [0.1, 0.15) is 90.4 Å². The quantitative estimate of drug-likeness (QED) is 0.411. The highest BCUT2D eigenvalue weighted by Gasteiger charge is 2.43. The van der Waals surface area contributed by atoms with Crippen molar-refractivity contribution >= 4 is 45.4 Å². The van der Waals surface area contributed by atoms with E-state index in [1.807, 2.05) is 12.1 Å². The van der Waals surface area contributed by atoms with Gasteiger partial charge < -0.3 is 24.5 Å². The van der Waals surface area contributed by atoms with Crippen molar-refractivity contribution in [3.05, 3.63) is 39.3 Å². The van der Waals surface area contributed by atoms with E-state index < -0.39 is 17.2 Å². The molecule has 210 valence electrons. The zero-order chi connectivity index (χ0) is 27.9. The van der Waals surface area contributed by atoms with Crippen LogP contribution in [0.3, 0.4) is 0 Å². The number of carbonyl (C=O) groups excluding carboxylic acids is 2. The molecule has 2 heterocycles. The third-order valence-corrected chi connectivity index (χ3v) is 8.33. The van der Waals surface area contributed by atoms with Gasteiger partial charge in [0.1, 0.15) is 27.8 Å². The van der Waals surface area contributed by atoms with Gasteiger partial charge in [0.15, 0.2) is 0 Å². The fourth-order valence-electron chi connectivity index (χ4n) is 6.25. The smallest absolute Gasteiger partial charge is 0.408 e. The number of halogens is 1. The second-order valence-corrected chi connectivity index (χ2v) is 12.4. The van der Waals surface area contributed by atoms with Gasteiger partial charge >= 0.3 is 6.09 Å². The Morgan fingerprint density at radius 1 is 1.13 bits per heavy atom. The molecule has 5 rings (SSSR count). The minimum absolute atomic E-state index is 0.141. The number of hydrogen-bond acceptors (Lipinski definition) is 6. The second kappa shape index (κ2) is 10.5. The number of nitrogens with one attached hydrogen (secondary N) is 2. The van der Waals surface area contributed by atoms with Gasteiger partial charge in [-0.15, -0.1) is 0 Å². The maximum Gasteiger partial charge on any atom is 0.408 e. The molecule has 3 aromatic rings. The van der Waals surface area contributed by atoms with Crippen LogP contribution in [0.2, 0.25) is 5.02 Å². The Hall–Kier alpha value is -3.07. The van der Waals surface area contributed by atoms with Crippen molar-refractivity contribution in [2.45, 2.75) is 109 Å². The first kappa shape index (κ1) is 27.5. The highest BCUT2D eigenvalue weighted by Crippen LogP contribution is 2.36. The van der Waals surface area contributed by atoms with Crippen molar-refractivity contribution in [2.75, 3.05) is 0 Å². The minimum Gasteiger partial charge on any atom is -0.444 e. The molecule has 2 saturated carbocycles. The fraction of sp³-hybridized carbons (Fsp3) is 0.586. The summed E-state index contributed by atoms with van der Waals surface area (Å²) >= 11 is 6.59. The number of nitrogens with zero attached hydrogens (tertiary/aromatic N) is 2. The predicted molar refractivity (Wildman–Crippen MR) is 150 cm³/mol.